The van der Waals surface area contributed by atoms with Crippen molar-refractivity contribution >= 4 is 23.6 Å². The minimum atomic E-state index is -0.452. The van der Waals surface area contributed by atoms with Crippen molar-refractivity contribution in [3.8, 4) is 0 Å². The summed E-state index contributed by atoms with van der Waals surface area (Å²) in [6, 6.07) is 3.00. The van der Waals surface area contributed by atoms with Gasteiger partial charge in [-0.25, -0.2) is 9.69 Å². The SMILES string of the molecule is NCC1COC(=O)N1c1ccc(Cl)o1. The quantitative estimate of drug-likeness (QED) is 0.807. The summed E-state index contributed by atoms with van der Waals surface area (Å²) in [5.41, 5.74) is 5.48. The van der Waals surface area contributed by atoms with Crippen LogP contribution in [-0.4, -0.2) is 25.3 Å². The van der Waals surface area contributed by atoms with Gasteiger partial charge in [-0.1, -0.05) is 0 Å². The monoisotopic (exact) mass is 216 g/mol. The molecule has 2 heterocycles. The standard InChI is InChI=1S/C8H9ClN2O3/c9-6-1-2-7(14-6)11-5(3-10)4-13-8(11)12/h1-2,5H,3-4,10H2. The highest BCUT2D eigenvalue weighted by Gasteiger charge is 2.35. The van der Waals surface area contributed by atoms with Gasteiger partial charge in [0, 0.05) is 12.6 Å². The van der Waals surface area contributed by atoms with Gasteiger partial charge in [-0.05, 0) is 17.7 Å². The first kappa shape index (κ1) is 9.36. The van der Waals surface area contributed by atoms with Gasteiger partial charge in [0.1, 0.15) is 6.61 Å². The van der Waals surface area contributed by atoms with Crippen LogP contribution in [0.3, 0.4) is 0 Å². The minimum absolute atomic E-state index is 0.176. The maximum absolute atomic E-state index is 11.3. The van der Waals surface area contributed by atoms with Crippen LogP contribution >= 0.6 is 11.6 Å². The van der Waals surface area contributed by atoms with Crippen LogP contribution in [0.4, 0.5) is 10.7 Å². The largest absolute Gasteiger partial charge is 0.447 e. The predicted octanol–water partition coefficient (Wildman–Crippen LogP) is 1.22. The van der Waals surface area contributed by atoms with Gasteiger partial charge in [0.05, 0.1) is 6.04 Å². The maximum Gasteiger partial charge on any atom is 0.417 e. The van der Waals surface area contributed by atoms with Gasteiger partial charge in [-0.3, -0.25) is 0 Å². The third-order valence-electron chi connectivity index (χ3n) is 2.03. The molecule has 0 spiro atoms. The number of nitrogens with two attached hydrogens (primary N) is 1. The molecule has 14 heavy (non-hydrogen) atoms. The van der Waals surface area contributed by atoms with E-state index in [9.17, 15) is 4.79 Å². The summed E-state index contributed by atoms with van der Waals surface area (Å²) in [7, 11) is 0. The summed E-state index contributed by atoms with van der Waals surface area (Å²) >= 11 is 5.60. The molecule has 1 atom stereocenters. The first-order valence-corrected chi connectivity index (χ1v) is 4.51. The molecule has 1 aromatic rings. The first-order chi connectivity index (χ1) is 6.72. The Labute approximate surface area is 85.4 Å². The van der Waals surface area contributed by atoms with E-state index in [0.29, 0.717) is 12.4 Å². The van der Waals surface area contributed by atoms with Crippen molar-refractivity contribution in [1.29, 1.82) is 0 Å². The molecule has 0 saturated carbocycles. The summed E-state index contributed by atoms with van der Waals surface area (Å²) in [5.74, 6) is 0.368. The predicted molar refractivity (Wildman–Crippen MR) is 50.4 cm³/mol. The van der Waals surface area contributed by atoms with Crippen molar-refractivity contribution in [2.45, 2.75) is 6.04 Å². The van der Waals surface area contributed by atoms with E-state index >= 15 is 0 Å². The number of nitrogens with zero attached hydrogens (tertiary/aromatic N) is 1. The van der Waals surface area contributed by atoms with Gasteiger partial charge in [0.2, 0.25) is 5.88 Å². The van der Waals surface area contributed by atoms with Crippen LogP contribution < -0.4 is 10.6 Å². The Bertz CT molecular complexity index is 352. The molecule has 2 N–H and O–H groups in total. The summed E-state index contributed by atoms with van der Waals surface area (Å²) in [6.07, 6.45) is -0.452. The zero-order chi connectivity index (χ0) is 10.1. The van der Waals surface area contributed by atoms with Crippen LogP contribution in [0.1, 0.15) is 0 Å². The van der Waals surface area contributed by atoms with E-state index in [4.69, 9.17) is 26.5 Å². The minimum Gasteiger partial charge on any atom is -0.447 e. The van der Waals surface area contributed by atoms with Crippen LogP contribution in [0.2, 0.25) is 5.22 Å². The molecule has 2 rings (SSSR count). The highest BCUT2D eigenvalue weighted by atomic mass is 35.5. The number of carbonyl (C=O) groups excluding carboxylic acids is 1. The maximum atomic E-state index is 11.3. The van der Waals surface area contributed by atoms with Gasteiger partial charge in [0.25, 0.3) is 0 Å². The highest BCUT2D eigenvalue weighted by Crippen LogP contribution is 2.26. The smallest absolute Gasteiger partial charge is 0.417 e. The lowest BCUT2D eigenvalue weighted by Crippen LogP contribution is -2.38. The molecule has 0 bridgehead atoms. The van der Waals surface area contributed by atoms with Crippen molar-refractivity contribution < 1.29 is 13.9 Å². The van der Waals surface area contributed by atoms with Crippen molar-refractivity contribution in [3.63, 3.8) is 0 Å². The number of hydrogen-bond donors (Lipinski definition) is 1. The normalized spacial score (nSPS) is 21.4. The lowest BCUT2D eigenvalue weighted by molar-refractivity contribution is 0.178. The summed E-state index contributed by atoms with van der Waals surface area (Å²) in [6.45, 7) is 0.609. The van der Waals surface area contributed by atoms with Gasteiger partial charge >= 0.3 is 6.09 Å². The summed E-state index contributed by atoms with van der Waals surface area (Å²) in [4.78, 5) is 12.7. The molecule has 5 nitrogen and oxygen atoms in total. The Morgan fingerprint density at radius 2 is 2.43 bits per heavy atom. The van der Waals surface area contributed by atoms with Crippen LogP contribution in [-0.2, 0) is 4.74 Å². The molecule has 0 aliphatic carbocycles. The van der Waals surface area contributed by atoms with Gasteiger partial charge < -0.3 is 14.9 Å². The summed E-state index contributed by atoms with van der Waals surface area (Å²) < 4.78 is 9.94. The fourth-order valence-electron chi connectivity index (χ4n) is 1.34. The molecule has 1 unspecified atom stereocenters. The Morgan fingerprint density at radius 3 is 3.00 bits per heavy atom. The number of anilines is 1. The van der Waals surface area contributed by atoms with E-state index in [0.717, 1.165) is 0 Å². The highest BCUT2D eigenvalue weighted by molar-refractivity contribution is 6.29. The first-order valence-electron chi connectivity index (χ1n) is 4.13. The van der Waals surface area contributed by atoms with E-state index in [1.54, 1.807) is 12.1 Å². The van der Waals surface area contributed by atoms with Crippen LogP contribution in [0.5, 0.6) is 0 Å². The molecule has 0 radical (unpaired) electrons. The molecule has 1 aliphatic heterocycles. The molecule has 6 heteroatoms. The van der Waals surface area contributed by atoms with Crippen molar-refractivity contribution in [3.05, 3.63) is 17.4 Å². The second-order valence-corrected chi connectivity index (χ2v) is 3.29. The third kappa shape index (κ3) is 1.44. The lowest BCUT2D eigenvalue weighted by atomic mass is 10.3. The Balaban J connectivity index is 2.27. The summed E-state index contributed by atoms with van der Waals surface area (Å²) in [5, 5.41) is 0.232. The van der Waals surface area contributed by atoms with Crippen molar-refractivity contribution in [2.24, 2.45) is 5.73 Å². The van der Waals surface area contributed by atoms with Crippen LogP contribution in [0, 0.1) is 0 Å². The van der Waals surface area contributed by atoms with Gasteiger partial charge in [-0.2, -0.15) is 0 Å². The van der Waals surface area contributed by atoms with Crippen LogP contribution in [0.15, 0.2) is 16.5 Å². The zero-order valence-corrected chi connectivity index (χ0v) is 8.03. The molecule has 1 aliphatic rings. The van der Waals surface area contributed by atoms with E-state index < -0.39 is 6.09 Å². The molecular weight excluding hydrogens is 208 g/mol. The van der Waals surface area contributed by atoms with Gasteiger partial charge in [0.15, 0.2) is 5.22 Å². The fourth-order valence-corrected chi connectivity index (χ4v) is 1.48. The van der Waals surface area contributed by atoms with Crippen LogP contribution in [0.25, 0.3) is 0 Å². The molecule has 1 amide bonds. The Kier molecular flexibility index (Phi) is 2.35. The topological polar surface area (TPSA) is 68.7 Å². The van der Waals surface area contributed by atoms with Crippen molar-refractivity contribution in [1.82, 2.24) is 0 Å². The van der Waals surface area contributed by atoms with E-state index in [1.165, 1.54) is 4.90 Å². The fraction of sp³-hybridized carbons (Fsp3) is 0.375. The second kappa shape index (κ2) is 3.51. The third-order valence-corrected chi connectivity index (χ3v) is 2.23. The number of cyclic esters (lactones) is 1. The number of furan rings is 1. The molecule has 0 aromatic carbocycles. The number of ether oxygens (including phenoxy) is 1. The Morgan fingerprint density at radius 1 is 1.64 bits per heavy atom. The molecule has 76 valence electrons. The molecular formula is C8H9ClN2O3. The lowest BCUT2D eigenvalue weighted by Gasteiger charge is -2.16. The number of halogens is 1. The van der Waals surface area contributed by atoms with Crippen molar-refractivity contribution in [2.75, 3.05) is 18.1 Å². The number of amides is 1. The average Bonchev–Trinajstić information content (AvgIpc) is 2.71. The zero-order valence-electron chi connectivity index (χ0n) is 7.27. The number of rotatable bonds is 2. The second-order valence-electron chi connectivity index (χ2n) is 2.91. The Hall–Kier alpha value is -1.20. The molecule has 1 fully saturated rings. The van der Waals surface area contributed by atoms with Gasteiger partial charge in [-0.15, -0.1) is 0 Å². The molecule has 1 aromatic heterocycles. The van der Waals surface area contributed by atoms with E-state index in [2.05, 4.69) is 0 Å². The molecule has 1 saturated heterocycles. The number of carbonyl (C=O) groups is 1. The number of hydrogen-bond acceptors (Lipinski definition) is 4. The van der Waals surface area contributed by atoms with E-state index in [1.807, 2.05) is 0 Å². The average molecular weight is 217 g/mol. The van der Waals surface area contributed by atoms with E-state index in [-0.39, 0.29) is 17.9 Å².